The first-order valence-corrected chi connectivity index (χ1v) is 7.49. The highest BCUT2D eigenvalue weighted by atomic mass is 14.4. The third-order valence-corrected chi connectivity index (χ3v) is 4.27. The van der Waals surface area contributed by atoms with Crippen molar-refractivity contribution >= 4 is 0 Å². The highest BCUT2D eigenvalue weighted by Crippen LogP contribution is 2.44. The van der Waals surface area contributed by atoms with Crippen molar-refractivity contribution in [3.8, 4) is 0 Å². The lowest BCUT2D eigenvalue weighted by atomic mass is 9.99. The van der Waals surface area contributed by atoms with Crippen LogP contribution >= 0.6 is 0 Å². The Morgan fingerprint density at radius 1 is 1.24 bits per heavy atom. The van der Waals surface area contributed by atoms with Crippen LogP contribution in [0.4, 0.5) is 0 Å². The van der Waals surface area contributed by atoms with Crippen LogP contribution < -0.4 is 0 Å². The van der Waals surface area contributed by atoms with Gasteiger partial charge in [-0.05, 0) is 61.5 Å². The SMILES string of the molecule is CCC(C)CC(C)=C=CC1CC1CC(C)CC. The van der Waals surface area contributed by atoms with E-state index >= 15 is 0 Å². The third-order valence-electron chi connectivity index (χ3n) is 4.27. The topological polar surface area (TPSA) is 0 Å². The molecule has 1 fully saturated rings. The molecule has 98 valence electrons. The zero-order valence-electron chi connectivity index (χ0n) is 12.4. The van der Waals surface area contributed by atoms with Crippen LogP contribution in [-0.2, 0) is 0 Å². The van der Waals surface area contributed by atoms with Gasteiger partial charge in [-0.25, -0.2) is 0 Å². The molecule has 0 saturated heterocycles. The van der Waals surface area contributed by atoms with Crippen LogP contribution in [0, 0.1) is 23.7 Å². The highest BCUT2D eigenvalue weighted by molar-refractivity contribution is 5.06. The predicted molar refractivity (Wildman–Crippen MR) is 77.0 cm³/mol. The van der Waals surface area contributed by atoms with Gasteiger partial charge in [-0.1, -0.05) is 40.5 Å². The second-order valence-electron chi connectivity index (χ2n) is 6.22. The Balaban J connectivity index is 2.33. The molecule has 0 spiro atoms. The van der Waals surface area contributed by atoms with Gasteiger partial charge in [0.25, 0.3) is 0 Å². The van der Waals surface area contributed by atoms with E-state index in [-0.39, 0.29) is 0 Å². The Bertz CT molecular complexity index is 280. The lowest BCUT2D eigenvalue weighted by Crippen LogP contribution is -1.94. The van der Waals surface area contributed by atoms with E-state index in [4.69, 9.17) is 0 Å². The minimum absolute atomic E-state index is 0.811. The summed E-state index contributed by atoms with van der Waals surface area (Å²) in [6.07, 6.45) is 9.01. The Kier molecular flexibility index (Phi) is 6.06. The van der Waals surface area contributed by atoms with E-state index < -0.39 is 0 Å². The summed E-state index contributed by atoms with van der Waals surface area (Å²) < 4.78 is 0. The van der Waals surface area contributed by atoms with Crippen LogP contribution in [0.5, 0.6) is 0 Å². The van der Waals surface area contributed by atoms with E-state index in [0.29, 0.717) is 0 Å². The van der Waals surface area contributed by atoms with Crippen molar-refractivity contribution in [3.63, 3.8) is 0 Å². The smallest absolute Gasteiger partial charge is 0.0126 e. The lowest BCUT2D eigenvalue weighted by Gasteiger charge is -2.06. The van der Waals surface area contributed by atoms with Gasteiger partial charge in [0.05, 0.1) is 0 Å². The van der Waals surface area contributed by atoms with Crippen molar-refractivity contribution in [3.05, 3.63) is 17.4 Å². The first-order valence-electron chi connectivity index (χ1n) is 7.49. The van der Waals surface area contributed by atoms with E-state index in [0.717, 1.165) is 23.7 Å². The highest BCUT2D eigenvalue weighted by Gasteiger charge is 2.35. The molecule has 0 radical (unpaired) electrons. The van der Waals surface area contributed by atoms with Crippen molar-refractivity contribution in [2.45, 2.75) is 66.7 Å². The van der Waals surface area contributed by atoms with E-state index in [9.17, 15) is 0 Å². The zero-order valence-corrected chi connectivity index (χ0v) is 12.4. The maximum atomic E-state index is 3.52. The van der Waals surface area contributed by atoms with Crippen LogP contribution in [0.15, 0.2) is 17.4 Å². The minimum atomic E-state index is 0.811. The summed E-state index contributed by atoms with van der Waals surface area (Å²) in [5, 5.41) is 0. The van der Waals surface area contributed by atoms with E-state index in [1.54, 1.807) is 0 Å². The summed E-state index contributed by atoms with van der Waals surface area (Å²) in [7, 11) is 0. The molecule has 1 rings (SSSR count). The van der Waals surface area contributed by atoms with Gasteiger partial charge in [0.2, 0.25) is 0 Å². The molecule has 0 amide bonds. The maximum Gasteiger partial charge on any atom is -0.0126 e. The molecule has 0 aliphatic heterocycles. The summed E-state index contributed by atoms with van der Waals surface area (Å²) in [5.74, 6) is 3.53. The average Bonchev–Trinajstić information content (AvgIpc) is 3.04. The van der Waals surface area contributed by atoms with Crippen molar-refractivity contribution in [2.24, 2.45) is 23.7 Å². The summed E-state index contributed by atoms with van der Waals surface area (Å²) in [6, 6.07) is 0. The average molecular weight is 234 g/mol. The fraction of sp³-hybridized carbons (Fsp3) is 0.824. The van der Waals surface area contributed by atoms with Crippen molar-refractivity contribution in [1.82, 2.24) is 0 Å². The van der Waals surface area contributed by atoms with Gasteiger partial charge in [-0.2, -0.15) is 0 Å². The molecular formula is C17H30. The molecule has 1 saturated carbocycles. The molecule has 0 bridgehead atoms. The van der Waals surface area contributed by atoms with E-state index in [1.807, 2.05) is 0 Å². The van der Waals surface area contributed by atoms with Gasteiger partial charge in [-0.3, -0.25) is 0 Å². The predicted octanol–water partition coefficient (Wildman–Crippen LogP) is 5.60. The van der Waals surface area contributed by atoms with Crippen LogP contribution in [0.2, 0.25) is 0 Å². The summed E-state index contributed by atoms with van der Waals surface area (Å²) in [5.41, 5.74) is 4.96. The Morgan fingerprint density at radius 3 is 2.47 bits per heavy atom. The summed E-state index contributed by atoms with van der Waals surface area (Å²) in [4.78, 5) is 0. The largest absolute Gasteiger partial charge is 0.126 e. The number of hydrogen-bond donors (Lipinski definition) is 0. The zero-order chi connectivity index (χ0) is 12.8. The quantitative estimate of drug-likeness (QED) is 0.503. The van der Waals surface area contributed by atoms with E-state index in [1.165, 1.54) is 37.7 Å². The van der Waals surface area contributed by atoms with Gasteiger partial charge in [-0.15, -0.1) is 5.73 Å². The summed E-state index contributed by atoms with van der Waals surface area (Å²) in [6.45, 7) is 11.5. The lowest BCUT2D eigenvalue weighted by molar-refractivity contribution is 0.473. The molecule has 1 aliphatic carbocycles. The molecule has 0 heteroatoms. The standard InChI is InChI=1S/C17H30/c1-6-13(3)10-15(5)8-9-16-12-17(16)11-14(4)7-2/h9,13-14,16-17H,6-7,10-12H2,1-5H3. The monoisotopic (exact) mass is 234 g/mol. The van der Waals surface area contributed by atoms with Crippen LogP contribution in [0.3, 0.4) is 0 Å². The summed E-state index contributed by atoms with van der Waals surface area (Å²) >= 11 is 0. The fourth-order valence-corrected chi connectivity index (χ4v) is 2.40. The fourth-order valence-electron chi connectivity index (χ4n) is 2.40. The minimum Gasteiger partial charge on any atom is -0.126 e. The van der Waals surface area contributed by atoms with Gasteiger partial charge in [0, 0.05) is 0 Å². The molecule has 0 aromatic rings. The molecular weight excluding hydrogens is 204 g/mol. The van der Waals surface area contributed by atoms with Gasteiger partial charge in [0.1, 0.15) is 0 Å². The first-order chi connectivity index (χ1) is 8.06. The van der Waals surface area contributed by atoms with Crippen molar-refractivity contribution < 1.29 is 0 Å². The van der Waals surface area contributed by atoms with Crippen LogP contribution in [-0.4, -0.2) is 0 Å². The molecule has 0 heterocycles. The molecule has 17 heavy (non-hydrogen) atoms. The van der Waals surface area contributed by atoms with Crippen LogP contribution in [0.25, 0.3) is 0 Å². The second-order valence-corrected chi connectivity index (χ2v) is 6.22. The van der Waals surface area contributed by atoms with Crippen LogP contribution in [0.1, 0.15) is 66.7 Å². The molecule has 4 unspecified atom stereocenters. The van der Waals surface area contributed by atoms with Gasteiger partial charge >= 0.3 is 0 Å². The van der Waals surface area contributed by atoms with Crippen molar-refractivity contribution in [1.29, 1.82) is 0 Å². The Morgan fingerprint density at radius 2 is 1.88 bits per heavy atom. The maximum absolute atomic E-state index is 3.52. The number of rotatable bonds is 7. The third kappa shape index (κ3) is 5.59. The van der Waals surface area contributed by atoms with E-state index in [2.05, 4.69) is 46.4 Å². The second kappa shape index (κ2) is 7.07. The molecule has 0 aromatic carbocycles. The molecule has 0 nitrogen and oxygen atoms in total. The Labute approximate surface area is 108 Å². The molecule has 0 aromatic heterocycles. The van der Waals surface area contributed by atoms with Crippen molar-refractivity contribution in [2.75, 3.05) is 0 Å². The Hall–Kier alpha value is -0.480. The molecule has 1 aliphatic rings. The number of hydrogen-bond acceptors (Lipinski definition) is 0. The normalized spacial score (nSPS) is 25.9. The first kappa shape index (κ1) is 14.6. The molecule has 4 atom stereocenters. The molecule has 0 N–H and O–H groups in total. The van der Waals surface area contributed by atoms with Gasteiger partial charge in [0.15, 0.2) is 0 Å². The number of allylic oxidation sites excluding steroid dienone is 1. The van der Waals surface area contributed by atoms with Gasteiger partial charge < -0.3 is 0 Å².